The number of nitrogens with zero attached hydrogens (tertiary/aromatic N) is 4. The van der Waals surface area contributed by atoms with Gasteiger partial charge in [0, 0.05) is 37.0 Å². The first-order valence-electron chi connectivity index (χ1n) is 9.06. The Morgan fingerprint density at radius 1 is 0.963 bits per heavy atom. The number of nitriles is 1. The molecule has 134 valence electrons. The Morgan fingerprint density at radius 3 is 2.41 bits per heavy atom. The van der Waals surface area contributed by atoms with Crippen LogP contribution in [0.2, 0.25) is 0 Å². The number of ether oxygens (including phenoxy) is 1. The summed E-state index contributed by atoms with van der Waals surface area (Å²) in [5, 5.41) is 8.93. The van der Waals surface area contributed by atoms with Gasteiger partial charge in [0.25, 0.3) is 0 Å². The van der Waals surface area contributed by atoms with E-state index in [9.17, 15) is 0 Å². The molecule has 4 rings (SSSR count). The first-order valence-corrected chi connectivity index (χ1v) is 9.06. The van der Waals surface area contributed by atoms with Crippen LogP contribution in [0.1, 0.15) is 17.0 Å². The molecule has 0 spiro atoms. The molecule has 0 saturated carbocycles. The summed E-state index contributed by atoms with van der Waals surface area (Å²) in [6, 6.07) is 20.1. The van der Waals surface area contributed by atoms with Gasteiger partial charge in [-0.05, 0) is 35.9 Å². The molecule has 1 aliphatic rings. The van der Waals surface area contributed by atoms with Crippen molar-refractivity contribution < 1.29 is 4.74 Å². The average Bonchev–Trinajstić information content (AvgIpc) is 2.75. The van der Waals surface area contributed by atoms with E-state index in [4.69, 9.17) is 10.00 Å². The number of morpholine rings is 1. The lowest BCUT2D eigenvalue weighted by Gasteiger charge is -2.28. The number of benzene rings is 2. The Kier molecular flexibility index (Phi) is 5.08. The van der Waals surface area contributed by atoms with Gasteiger partial charge in [-0.1, -0.05) is 24.3 Å². The summed E-state index contributed by atoms with van der Waals surface area (Å²) in [4.78, 5) is 11.4. The first-order chi connectivity index (χ1) is 13.3. The fourth-order valence-corrected chi connectivity index (χ4v) is 3.19. The van der Waals surface area contributed by atoms with Crippen LogP contribution in [0.5, 0.6) is 0 Å². The summed E-state index contributed by atoms with van der Waals surface area (Å²) in [5.74, 6) is 0.788. The van der Waals surface area contributed by atoms with Crippen molar-refractivity contribution in [2.45, 2.75) is 6.42 Å². The van der Waals surface area contributed by atoms with Gasteiger partial charge in [0.15, 0.2) is 0 Å². The second-order valence-corrected chi connectivity index (χ2v) is 6.49. The summed E-state index contributed by atoms with van der Waals surface area (Å²) < 4.78 is 5.41. The molecule has 27 heavy (non-hydrogen) atoms. The predicted octanol–water partition coefficient (Wildman–Crippen LogP) is 3.44. The Hall–Kier alpha value is -3.23. The molecule has 0 amide bonds. The van der Waals surface area contributed by atoms with Crippen LogP contribution >= 0.6 is 0 Å². The molecule has 0 bridgehead atoms. The number of hydrogen-bond acceptors (Lipinski definition) is 5. The minimum absolute atomic E-state index is 0.647. The lowest BCUT2D eigenvalue weighted by molar-refractivity contribution is 0.122. The second-order valence-electron chi connectivity index (χ2n) is 6.49. The molecule has 5 heteroatoms. The lowest BCUT2D eigenvalue weighted by Crippen LogP contribution is -2.36. The third-order valence-corrected chi connectivity index (χ3v) is 4.69. The number of anilines is 1. The Labute approximate surface area is 158 Å². The van der Waals surface area contributed by atoms with Crippen LogP contribution in [0.15, 0.2) is 60.8 Å². The van der Waals surface area contributed by atoms with E-state index in [0.29, 0.717) is 12.0 Å². The van der Waals surface area contributed by atoms with E-state index in [2.05, 4.69) is 45.2 Å². The highest BCUT2D eigenvalue weighted by Crippen LogP contribution is 2.20. The quantitative estimate of drug-likeness (QED) is 0.716. The van der Waals surface area contributed by atoms with Crippen molar-refractivity contribution in [1.82, 2.24) is 9.97 Å². The molecule has 5 nitrogen and oxygen atoms in total. The van der Waals surface area contributed by atoms with E-state index >= 15 is 0 Å². The topological polar surface area (TPSA) is 62.0 Å². The van der Waals surface area contributed by atoms with Crippen LogP contribution in [0.3, 0.4) is 0 Å². The van der Waals surface area contributed by atoms with Gasteiger partial charge in [0.1, 0.15) is 5.82 Å². The zero-order valence-corrected chi connectivity index (χ0v) is 15.0. The fourth-order valence-electron chi connectivity index (χ4n) is 3.19. The maximum absolute atomic E-state index is 8.93. The van der Waals surface area contributed by atoms with Gasteiger partial charge in [-0.25, -0.2) is 9.97 Å². The Balaban J connectivity index is 1.48. The molecule has 0 N–H and O–H groups in total. The van der Waals surface area contributed by atoms with Gasteiger partial charge >= 0.3 is 0 Å². The van der Waals surface area contributed by atoms with Crippen molar-refractivity contribution in [2.75, 3.05) is 31.2 Å². The number of aromatic nitrogens is 2. The van der Waals surface area contributed by atoms with Crippen LogP contribution in [0.4, 0.5) is 5.69 Å². The molecule has 0 unspecified atom stereocenters. The van der Waals surface area contributed by atoms with E-state index in [-0.39, 0.29) is 0 Å². The van der Waals surface area contributed by atoms with Crippen LogP contribution in [-0.2, 0) is 11.2 Å². The van der Waals surface area contributed by atoms with Gasteiger partial charge < -0.3 is 9.64 Å². The number of hydrogen-bond donors (Lipinski definition) is 0. The Bertz CT molecular complexity index is 939. The summed E-state index contributed by atoms with van der Waals surface area (Å²) in [7, 11) is 0. The Morgan fingerprint density at radius 2 is 1.70 bits per heavy atom. The molecule has 0 aliphatic carbocycles. The van der Waals surface area contributed by atoms with E-state index in [0.717, 1.165) is 43.4 Å². The van der Waals surface area contributed by atoms with Crippen LogP contribution in [0, 0.1) is 11.3 Å². The van der Waals surface area contributed by atoms with E-state index in [1.165, 1.54) is 11.3 Å². The van der Waals surface area contributed by atoms with Crippen molar-refractivity contribution in [3.8, 4) is 17.3 Å². The summed E-state index contributed by atoms with van der Waals surface area (Å²) in [5.41, 5.74) is 4.92. The molecular weight excluding hydrogens is 336 g/mol. The molecule has 1 saturated heterocycles. The van der Waals surface area contributed by atoms with E-state index < -0.39 is 0 Å². The third-order valence-electron chi connectivity index (χ3n) is 4.69. The largest absolute Gasteiger partial charge is 0.378 e. The highest BCUT2D eigenvalue weighted by molar-refractivity contribution is 5.60. The van der Waals surface area contributed by atoms with Gasteiger partial charge in [-0.2, -0.15) is 5.26 Å². The zero-order valence-electron chi connectivity index (χ0n) is 15.0. The van der Waals surface area contributed by atoms with E-state index in [1.54, 1.807) is 6.20 Å². The summed E-state index contributed by atoms with van der Waals surface area (Å²) >= 11 is 0. The van der Waals surface area contributed by atoms with Crippen molar-refractivity contribution in [3.63, 3.8) is 0 Å². The highest BCUT2D eigenvalue weighted by atomic mass is 16.5. The third kappa shape index (κ3) is 4.13. The first kappa shape index (κ1) is 17.2. The zero-order chi connectivity index (χ0) is 18.5. The highest BCUT2D eigenvalue weighted by Gasteiger charge is 2.11. The van der Waals surface area contributed by atoms with E-state index in [1.807, 2.05) is 30.3 Å². The normalized spacial score (nSPS) is 14.0. The molecule has 0 atom stereocenters. The fraction of sp³-hybridized carbons (Fsp3) is 0.227. The molecule has 1 fully saturated rings. The molecule has 2 heterocycles. The minimum atomic E-state index is 0.647. The van der Waals surface area contributed by atoms with Crippen molar-refractivity contribution in [1.29, 1.82) is 5.26 Å². The van der Waals surface area contributed by atoms with Gasteiger partial charge in [-0.15, -0.1) is 0 Å². The SMILES string of the molecule is N#Cc1ccc(-c2ccnc(Cc3ccc(N4CCOCC4)cc3)n2)cc1. The predicted molar refractivity (Wildman–Crippen MR) is 104 cm³/mol. The molecule has 1 aromatic heterocycles. The minimum Gasteiger partial charge on any atom is -0.378 e. The van der Waals surface area contributed by atoms with Gasteiger partial charge in [0.2, 0.25) is 0 Å². The second kappa shape index (κ2) is 7.98. The van der Waals surface area contributed by atoms with Crippen LogP contribution < -0.4 is 4.90 Å². The molecule has 0 radical (unpaired) electrons. The monoisotopic (exact) mass is 356 g/mol. The molecular formula is C22H20N4O. The average molecular weight is 356 g/mol. The smallest absolute Gasteiger partial charge is 0.133 e. The van der Waals surface area contributed by atoms with Gasteiger partial charge in [-0.3, -0.25) is 0 Å². The molecule has 2 aromatic carbocycles. The van der Waals surface area contributed by atoms with Crippen molar-refractivity contribution in [3.05, 3.63) is 77.7 Å². The van der Waals surface area contributed by atoms with Crippen LogP contribution in [0.25, 0.3) is 11.3 Å². The molecule has 3 aromatic rings. The standard InChI is InChI=1S/C22H20N4O/c23-16-18-1-5-19(6-2-18)21-9-10-24-22(25-21)15-17-3-7-20(8-4-17)26-11-13-27-14-12-26/h1-10H,11-15H2. The van der Waals surface area contributed by atoms with Gasteiger partial charge in [0.05, 0.1) is 30.5 Å². The lowest BCUT2D eigenvalue weighted by atomic mass is 10.1. The van der Waals surface area contributed by atoms with Crippen LogP contribution in [-0.4, -0.2) is 36.3 Å². The van der Waals surface area contributed by atoms with Crippen molar-refractivity contribution >= 4 is 5.69 Å². The maximum atomic E-state index is 8.93. The molecule has 1 aliphatic heterocycles. The maximum Gasteiger partial charge on any atom is 0.133 e. The summed E-state index contributed by atoms with van der Waals surface area (Å²) in [6.45, 7) is 3.46. The van der Waals surface area contributed by atoms with Crippen molar-refractivity contribution in [2.24, 2.45) is 0 Å². The number of rotatable bonds is 4. The summed E-state index contributed by atoms with van der Waals surface area (Å²) in [6.07, 6.45) is 2.48.